The van der Waals surface area contributed by atoms with E-state index in [-0.39, 0.29) is 42.0 Å². The third kappa shape index (κ3) is 5.38. The number of hydrogen-bond donors (Lipinski definition) is 4. The second-order valence-corrected chi connectivity index (χ2v) is 9.29. The molecule has 2 amide bonds. The molecule has 1 aromatic rings. The third-order valence-corrected chi connectivity index (χ3v) is 6.07. The molecule has 0 aliphatic carbocycles. The summed E-state index contributed by atoms with van der Waals surface area (Å²) < 4.78 is 17.2. The van der Waals surface area contributed by atoms with Crippen molar-refractivity contribution in [1.29, 1.82) is 0 Å². The molecule has 33 heavy (non-hydrogen) atoms. The van der Waals surface area contributed by atoms with Gasteiger partial charge in [-0.05, 0) is 18.1 Å². The van der Waals surface area contributed by atoms with Crippen molar-refractivity contribution >= 4 is 11.8 Å². The van der Waals surface area contributed by atoms with Crippen LogP contribution in [-0.2, 0) is 19.1 Å². The standard InChI is InChI=1S/C24H34N2O7/c1-11(2)17-7-8-18(33-17)20(28)14(6)24(30)26-16-10-32-21-15(9-31-22(16)21)25-23(29)13(5)19(27)12(3)4/h7-8,11-12,15-16,19-22,27-28H,5-6,9-10H2,1-4H3,(H,25,29)(H,26,30). The number of rotatable bonds is 9. The van der Waals surface area contributed by atoms with Crippen LogP contribution in [-0.4, -0.2) is 65.6 Å². The van der Waals surface area contributed by atoms with E-state index < -0.39 is 48.3 Å². The maximum Gasteiger partial charge on any atom is 0.250 e. The lowest BCUT2D eigenvalue weighted by atomic mass is 9.99. The summed E-state index contributed by atoms with van der Waals surface area (Å²) in [6.45, 7) is 15.3. The van der Waals surface area contributed by atoms with Crippen LogP contribution < -0.4 is 10.6 Å². The minimum Gasteiger partial charge on any atom is -0.463 e. The molecule has 6 atom stereocenters. The maximum atomic E-state index is 12.7. The van der Waals surface area contributed by atoms with E-state index in [1.807, 2.05) is 13.8 Å². The number of carbonyl (C=O) groups is 2. The summed E-state index contributed by atoms with van der Waals surface area (Å²) in [6, 6.07) is 2.48. The number of carbonyl (C=O) groups excluding carboxylic acids is 2. The summed E-state index contributed by atoms with van der Waals surface area (Å²) >= 11 is 0. The summed E-state index contributed by atoms with van der Waals surface area (Å²) in [5, 5.41) is 26.2. The Kier molecular flexibility index (Phi) is 7.79. The van der Waals surface area contributed by atoms with Crippen molar-refractivity contribution in [3.8, 4) is 0 Å². The van der Waals surface area contributed by atoms with Gasteiger partial charge < -0.3 is 34.7 Å². The average Bonchev–Trinajstić information content (AvgIpc) is 3.50. The molecule has 6 unspecified atom stereocenters. The first-order valence-corrected chi connectivity index (χ1v) is 11.2. The Morgan fingerprint density at radius 1 is 0.909 bits per heavy atom. The molecule has 182 valence electrons. The fraction of sp³-hybridized carbons (Fsp3) is 0.583. The molecule has 3 heterocycles. The molecule has 9 heteroatoms. The molecule has 4 N–H and O–H groups in total. The highest BCUT2D eigenvalue weighted by atomic mass is 16.6. The zero-order valence-electron chi connectivity index (χ0n) is 19.5. The Morgan fingerprint density at radius 2 is 1.39 bits per heavy atom. The van der Waals surface area contributed by atoms with Crippen LogP contribution in [0.15, 0.2) is 40.9 Å². The monoisotopic (exact) mass is 462 g/mol. The minimum absolute atomic E-state index is 0.0510. The number of furan rings is 1. The van der Waals surface area contributed by atoms with Gasteiger partial charge >= 0.3 is 0 Å². The van der Waals surface area contributed by atoms with Crippen LogP contribution in [0.4, 0.5) is 0 Å². The average molecular weight is 463 g/mol. The smallest absolute Gasteiger partial charge is 0.250 e. The fourth-order valence-corrected chi connectivity index (χ4v) is 3.93. The second-order valence-electron chi connectivity index (χ2n) is 9.29. The maximum absolute atomic E-state index is 12.7. The van der Waals surface area contributed by atoms with Crippen LogP contribution in [0.5, 0.6) is 0 Å². The lowest BCUT2D eigenvalue weighted by Crippen LogP contribution is -2.48. The van der Waals surface area contributed by atoms with Crippen molar-refractivity contribution < 1.29 is 33.7 Å². The summed E-state index contributed by atoms with van der Waals surface area (Å²) in [5.41, 5.74) is 0.0325. The molecule has 2 aliphatic heterocycles. The first-order valence-electron chi connectivity index (χ1n) is 11.2. The first-order chi connectivity index (χ1) is 15.5. The fourth-order valence-electron chi connectivity index (χ4n) is 3.93. The van der Waals surface area contributed by atoms with Crippen LogP contribution in [0, 0.1) is 5.92 Å². The molecular weight excluding hydrogens is 428 g/mol. The van der Waals surface area contributed by atoms with Gasteiger partial charge in [-0.1, -0.05) is 40.9 Å². The van der Waals surface area contributed by atoms with Crippen molar-refractivity contribution in [2.24, 2.45) is 5.92 Å². The number of aliphatic hydroxyl groups excluding tert-OH is 2. The predicted octanol–water partition coefficient (Wildman–Crippen LogP) is 1.33. The van der Waals surface area contributed by atoms with E-state index in [9.17, 15) is 19.8 Å². The Hall–Kier alpha value is -2.46. The van der Waals surface area contributed by atoms with Crippen molar-refractivity contribution in [3.05, 3.63) is 48.0 Å². The quantitative estimate of drug-likeness (QED) is 0.407. The van der Waals surface area contributed by atoms with Gasteiger partial charge in [0.2, 0.25) is 11.8 Å². The predicted molar refractivity (Wildman–Crippen MR) is 120 cm³/mol. The number of aliphatic hydroxyl groups is 2. The lowest BCUT2D eigenvalue weighted by molar-refractivity contribution is -0.120. The minimum atomic E-state index is -1.27. The highest BCUT2D eigenvalue weighted by Crippen LogP contribution is 2.29. The summed E-state index contributed by atoms with van der Waals surface area (Å²) in [6.07, 6.45) is -3.14. The van der Waals surface area contributed by atoms with Crippen LogP contribution in [0.3, 0.4) is 0 Å². The van der Waals surface area contributed by atoms with Crippen LogP contribution >= 0.6 is 0 Å². The SMILES string of the molecule is C=C(C(=O)NC1COC2C(NC(=O)C(=C)C(O)C(C)C)COC12)C(O)c1ccc(C(C)C)o1. The Bertz CT molecular complexity index is 906. The van der Waals surface area contributed by atoms with E-state index in [1.165, 1.54) is 0 Å². The molecule has 3 rings (SSSR count). The number of fused-ring (bicyclic) bond motifs is 1. The topological polar surface area (TPSA) is 130 Å². The molecule has 0 radical (unpaired) electrons. The highest BCUT2D eigenvalue weighted by molar-refractivity contribution is 5.94. The molecule has 1 aromatic heterocycles. The number of ether oxygens (including phenoxy) is 2. The summed E-state index contributed by atoms with van der Waals surface area (Å²) in [7, 11) is 0. The molecule has 9 nitrogen and oxygen atoms in total. The van der Waals surface area contributed by atoms with Crippen molar-refractivity contribution in [3.63, 3.8) is 0 Å². The van der Waals surface area contributed by atoms with Gasteiger partial charge in [-0.15, -0.1) is 0 Å². The molecule has 0 spiro atoms. The number of amides is 2. The van der Waals surface area contributed by atoms with E-state index in [0.717, 1.165) is 0 Å². The zero-order valence-corrected chi connectivity index (χ0v) is 19.5. The van der Waals surface area contributed by atoms with Gasteiger partial charge in [-0.3, -0.25) is 9.59 Å². The molecule has 0 bridgehead atoms. The molecule has 2 aliphatic rings. The Morgan fingerprint density at radius 3 is 1.85 bits per heavy atom. The van der Waals surface area contributed by atoms with E-state index in [0.29, 0.717) is 5.76 Å². The number of nitrogens with one attached hydrogen (secondary N) is 2. The van der Waals surface area contributed by atoms with Crippen molar-refractivity contribution in [1.82, 2.24) is 10.6 Å². The van der Waals surface area contributed by atoms with Crippen LogP contribution in [0.2, 0.25) is 0 Å². The Balaban J connectivity index is 1.55. The molecule has 0 aromatic carbocycles. The van der Waals surface area contributed by atoms with Gasteiger partial charge in [-0.2, -0.15) is 0 Å². The van der Waals surface area contributed by atoms with E-state index in [1.54, 1.807) is 26.0 Å². The van der Waals surface area contributed by atoms with Gasteiger partial charge in [0.1, 0.15) is 29.8 Å². The molecule has 2 fully saturated rings. The van der Waals surface area contributed by atoms with Crippen molar-refractivity contribution in [2.75, 3.05) is 13.2 Å². The second kappa shape index (κ2) is 10.2. The van der Waals surface area contributed by atoms with Crippen LogP contribution in [0.1, 0.15) is 51.2 Å². The third-order valence-electron chi connectivity index (χ3n) is 6.07. The van der Waals surface area contributed by atoms with Gasteiger partial charge in [0, 0.05) is 17.1 Å². The van der Waals surface area contributed by atoms with Gasteiger partial charge in [0.25, 0.3) is 0 Å². The summed E-state index contributed by atoms with van der Waals surface area (Å²) in [4.78, 5) is 25.1. The largest absolute Gasteiger partial charge is 0.463 e. The Labute approximate surface area is 193 Å². The van der Waals surface area contributed by atoms with Gasteiger partial charge in [0.05, 0.1) is 31.4 Å². The van der Waals surface area contributed by atoms with E-state index >= 15 is 0 Å². The van der Waals surface area contributed by atoms with Crippen LogP contribution in [0.25, 0.3) is 0 Å². The first kappa shape index (κ1) is 25.2. The highest BCUT2D eigenvalue weighted by Gasteiger charge is 2.49. The normalized spacial score (nSPS) is 26.2. The van der Waals surface area contributed by atoms with E-state index in [4.69, 9.17) is 13.9 Å². The van der Waals surface area contributed by atoms with Gasteiger partial charge in [0.15, 0.2) is 0 Å². The van der Waals surface area contributed by atoms with Gasteiger partial charge in [-0.25, -0.2) is 0 Å². The lowest BCUT2D eigenvalue weighted by Gasteiger charge is -2.21. The molecular formula is C24H34N2O7. The zero-order chi connectivity index (χ0) is 24.4. The molecule has 0 saturated carbocycles. The van der Waals surface area contributed by atoms with E-state index in [2.05, 4.69) is 23.8 Å². The molecule has 2 saturated heterocycles. The van der Waals surface area contributed by atoms with Crippen molar-refractivity contribution in [2.45, 2.75) is 70.1 Å². The summed E-state index contributed by atoms with van der Waals surface area (Å²) in [5.74, 6) is -0.0245. The number of hydrogen-bond acceptors (Lipinski definition) is 7.